The number of allylic oxidation sites excluding steroid dienone is 1. The largest absolute Gasteiger partial charge is 0.441 e. The van der Waals surface area contributed by atoms with Crippen LogP contribution in [0.25, 0.3) is 162 Å². The van der Waals surface area contributed by atoms with Gasteiger partial charge in [0.25, 0.3) is 0 Å². The molecule has 0 aliphatic carbocycles. The van der Waals surface area contributed by atoms with Crippen molar-refractivity contribution in [2.24, 2.45) is 0 Å². The van der Waals surface area contributed by atoms with Crippen LogP contribution in [-0.4, -0.2) is 19.1 Å². The van der Waals surface area contributed by atoms with Gasteiger partial charge >= 0.3 is 0 Å². The summed E-state index contributed by atoms with van der Waals surface area (Å²) < 4.78 is 18.5. The fourth-order valence-electron chi connectivity index (χ4n) is 14.4. The van der Waals surface area contributed by atoms with Crippen LogP contribution in [0, 0.1) is 0 Å². The Balaban J connectivity index is 0.606. The molecular weight excluding hydrogens is 1240 g/mol. The van der Waals surface area contributed by atoms with Crippen molar-refractivity contribution in [1.82, 2.24) is 19.1 Å². The van der Waals surface area contributed by atoms with E-state index in [4.69, 9.17) is 18.8 Å². The molecule has 0 bridgehead atoms. The number of rotatable bonds is 15. The van der Waals surface area contributed by atoms with Gasteiger partial charge in [-0.1, -0.05) is 248 Å². The molecule has 0 saturated carbocycles. The van der Waals surface area contributed by atoms with E-state index in [1.165, 1.54) is 88.1 Å². The molecule has 0 radical (unpaired) electrons. The second-order valence-corrected chi connectivity index (χ2v) is 25.7. The Morgan fingerprint density at radius 2 is 0.781 bits per heavy atom. The van der Waals surface area contributed by atoms with Crippen LogP contribution in [0.2, 0.25) is 0 Å². The first kappa shape index (κ1) is 58.2. The fourth-order valence-corrected chi connectivity index (χ4v) is 14.7. The zero-order valence-electron chi connectivity index (χ0n) is 53.0. The van der Waals surface area contributed by atoms with Gasteiger partial charge in [0.15, 0.2) is 5.58 Å². The molecule has 7 heteroatoms. The zero-order chi connectivity index (χ0) is 64.2. The Kier molecular flexibility index (Phi) is 15.0. The number of aryl methyl sites for hydroxylation is 1. The summed E-state index contributed by atoms with van der Waals surface area (Å²) in [7, 11) is 0. The number of oxazole rings is 2. The molecule has 6 nitrogen and oxygen atoms in total. The number of benzene rings is 13. The molecule has 1 atom stereocenters. The zero-order valence-corrected chi connectivity index (χ0v) is 54.6. The molecule has 0 amide bonds. The standard InChI is InChI=1S/C89H63BrN4O2/c1-3-85-79(91-88(95-85)62-42-38-58(39-43-62)68-21-4-8-25-72(68)74-27-10-6-23-70(74)60-46-51-65(52-47-60)93-81-34-15-12-29-76(81)77-30-13-16-35-82(77)93)33-18-20-57(2)67-32-19-37-84-87(67)78-31-14-17-36-83(78)94(84)66-53-48-61(49-54-66)71-24-7-11-28-75(71)73-26-9-5-22-69(73)59-40-44-63(45-41-59)89-92-80-55-50-64(90)56-86(80)96-89/h4-19,21-57H,3,20H2,1-2H3. The summed E-state index contributed by atoms with van der Waals surface area (Å²) in [6.07, 6.45) is 5.99. The smallest absolute Gasteiger partial charge is 0.227 e. The molecule has 0 N–H and O–H groups in total. The highest BCUT2D eigenvalue weighted by Gasteiger charge is 2.22. The Morgan fingerprint density at radius 3 is 1.27 bits per heavy atom. The van der Waals surface area contributed by atoms with Gasteiger partial charge in [0.2, 0.25) is 11.8 Å². The van der Waals surface area contributed by atoms with Crippen LogP contribution in [0.5, 0.6) is 0 Å². The molecule has 4 heterocycles. The minimum Gasteiger partial charge on any atom is -0.441 e. The third-order valence-electron chi connectivity index (χ3n) is 19.1. The van der Waals surface area contributed by atoms with Crippen molar-refractivity contribution >= 4 is 76.7 Å². The molecule has 0 saturated heterocycles. The molecule has 0 aliphatic rings. The van der Waals surface area contributed by atoms with Gasteiger partial charge in [-0.3, -0.25) is 0 Å². The predicted octanol–water partition coefficient (Wildman–Crippen LogP) is 24.9. The molecule has 0 fully saturated rings. The van der Waals surface area contributed by atoms with Crippen molar-refractivity contribution < 1.29 is 8.83 Å². The van der Waals surface area contributed by atoms with Crippen molar-refractivity contribution in [2.45, 2.75) is 32.6 Å². The molecule has 4 aromatic heterocycles. The maximum atomic E-state index is 6.55. The normalized spacial score (nSPS) is 12.1. The summed E-state index contributed by atoms with van der Waals surface area (Å²) in [4.78, 5) is 9.89. The van der Waals surface area contributed by atoms with Crippen molar-refractivity contribution in [3.05, 3.63) is 331 Å². The number of hydrogen-bond donors (Lipinski definition) is 0. The number of nitrogens with zero attached hydrogens (tertiary/aromatic N) is 4. The molecule has 458 valence electrons. The molecule has 17 aromatic rings. The lowest BCUT2D eigenvalue weighted by Crippen LogP contribution is -1.96. The maximum absolute atomic E-state index is 6.55. The van der Waals surface area contributed by atoms with Crippen LogP contribution in [0.15, 0.2) is 323 Å². The highest BCUT2D eigenvalue weighted by Crippen LogP contribution is 2.44. The third-order valence-corrected chi connectivity index (χ3v) is 19.5. The van der Waals surface area contributed by atoms with E-state index in [1.54, 1.807) is 0 Å². The average Bonchev–Trinajstić information content (AvgIpc) is 1.59. The van der Waals surface area contributed by atoms with Crippen LogP contribution in [0.4, 0.5) is 0 Å². The minimum atomic E-state index is 0.219. The summed E-state index contributed by atoms with van der Waals surface area (Å²) in [6, 6.07) is 109. The van der Waals surface area contributed by atoms with Gasteiger partial charge in [0.1, 0.15) is 17.0 Å². The Morgan fingerprint density at radius 1 is 0.385 bits per heavy atom. The topological polar surface area (TPSA) is 61.9 Å². The first-order chi connectivity index (χ1) is 47.4. The van der Waals surface area contributed by atoms with Crippen LogP contribution in [-0.2, 0) is 6.42 Å². The second-order valence-electron chi connectivity index (χ2n) is 24.7. The van der Waals surface area contributed by atoms with E-state index < -0.39 is 0 Å². The molecule has 96 heavy (non-hydrogen) atoms. The number of aromatic nitrogens is 4. The van der Waals surface area contributed by atoms with E-state index in [0.717, 1.165) is 90.2 Å². The predicted molar refractivity (Wildman–Crippen MR) is 402 cm³/mol. The Labute approximate surface area is 565 Å². The monoisotopic (exact) mass is 1300 g/mol. The summed E-state index contributed by atoms with van der Waals surface area (Å²) in [5.74, 6) is 2.33. The van der Waals surface area contributed by atoms with E-state index >= 15 is 0 Å². The van der Waals surface area contributed by atoms with Gasteiger partial charge in [0.05, 0.1) is 22.1 Å². The van der Waals surface area contributed by atoms with Gasteiger partial charge in [0, 0.05) is 54.9 Å². The molecule has 0 aliphatic heterocycles. The van der Waals surface area contributed by atoms with Crippen LogP contribution < -0.4 is 0 Å². The van der Waals surface area contributed by atoms with Crippen molar-refractivity contribution in [3.8, 4) is 101 Å². The number of para-hydroxylation sites is 3. The van der Waals surface area contributed by atoms with E-state index in [9.17, 15) is 0 Å². The molecule has 17 rings (SSSR count). The van der Waals surface area contributed by atoms with Gasteiger partial charge in [-0.15, -0.1) is 0 Å². The molecule has 0 spiro atoms. The van der Waals surface area contributed by atoms with Crippen LogP contribution in [0.1, 0.15) is 43.2 Å². The number of halogens is 1. The molecular formula is C89H63BrN4O2. The highest BCUT2D eigenvalue weighted by atomic mass is 79.9. The van der Waals surface area contributed by atoms with E-state index in [0.29, 0.717) is 11.8 Å². The minimum absolute atomic E-state index is 0.219. The molecule has 1 unspecified atom stereocenters. The number of hydrogen-bond acceptors (Lipinski definition) is 4. The summed E-state index contributed by atoms with van der Waals surface area (Å²) in [6.45, 7) is 4.47. The van der Waals surface area contributed by atoms with Crippen molar-refractivity contribution in [2.75, 3.05) is 0 Å². The lowest BCUT2D eigenvalue weighted by atomic mass is 9.89. The van der Waals surface area contributed by atoms with Gasteiger partial charge in [-0.2, -0.15) is 0 Å². The van der Waals surface area contributed by atoms with Crippen molar-refractivity contribution in [1.29, 1.82) is 0 Å². The summed E-state index contributed by atoms with van der Waals surface area (Å²) in [5.41, 5.74) is 26.6. The summed E-state index contributed by atoms with van der Waals surface area (Å²) >= 11 is 3.55. The fraction of sp³-hybridized carbons (Fsp3) is 0.0562. The van der Waals surface area contributed by atoms with Crippen LogP contribution >= 0.6 is 15.9 Å². The first-order valence-corrected chi connectivity index (χ1v) is 33.7. The lowest BCUT2D eigenvalue weighted by Gasteiger charge is -2.16. The van der Waals surface area contributed by atoms with E-state index in [-0.39, 0.29) is 5.92 Å². The van der Waals surface area contributed by atoms with Crippen molar-refractivity contribution in [3.63, 3.8) is 0 Å². The van der Waals surface area contributed by atoms with Crippen LogP contribution in [0.3, 0.4) is 0 Å². The average molecular weight is 1300 g/mol. The van der Waals surface area contributed by atoms with E-state index in [2.05, 4.69) is 336 Å². The van der Waals surface area contributed by atoms with Gasteiger partial charge in [-0.25, -0.2) is 9.97 Å². The summed E-state index contributed by atoms with van der Waals surface area (Å²) in [5, 5.41) is 5.04. The third kappa shape index (κ3) is 10.5. The Bertz CT molecular complexity index is 5750. The Hall–Kier alpha value is -11.6. The van der Waals surface area contributed by atoms with Gasteiger partial charge < -0.3 is 18.0 Å². The second kappa shape index (κ2) is 24.7. The highest BCUT2D eigenvalue weighted by molar-refractivity contribution is 9.10. The quantitative estimate of drug-likeness (QED) is 0.103. The first-order valence-electron chi connectivity index (χ1n) is 32.9. The SMILES string of the molecule is CCc1oc(-c2ccc(-c3ccccc3-c3ccccc3-c3ccc(-n4c5ccccc5c5ccccc54)cc3)cc2)nc1C=CCC(C)c1cccc2c1c1ccccc1n2-c1ccc(-c2ccccc2-c2ccccc2-c2ccc(-c3nc4ccc(Br)cc4o3)cc2)cc1. The maximum Gasteiger partial charge on any atom is 0.227 e. The van der Waals surface area contributed by atoms with E-state index in [1.807, 2.05) is 18.2 Å². The number of fused-ring (bicyclic) bond motifs is 7. The molecule has 13 aromatic carbocycles. The lowest BCUT2D eigenvalue weighted by molar-refractivity contribution is 0.524. The van der Waals surface area contributed by atoms with Gasteiger partial charge in [-0.05, 0) is 182 Å².